The molecule has 0 radical (unpaired) electrons. The highest BCUT2D eigenvalue weighted by molar-refractivity contribution is 6.32. The fraction of sp³-hybridized carbons (Fsp3) is 0.412. The summed E-state index contributed by atoms with van der Waals surface area (Å²) in [5, 5.41) is 0.986. The lowest BCUT2D eigenvalue weighted by Gasteiger charge is -2.22. The van der Waals surface area contributed by atoms with E-state index in [0.717, 1.165) is 11.2 Å². The molecule has 3 amide bonds. The molecule has 2 N–H and O–H groups in total. The van der Waals surface area contributed by atoms with Crippen molar-refractivity contribution >= 4 is 42.0 Å². The topological polar surface area (TPSA) is 115 Å². The fourth-order valence-corrected chi connectivity index (χ4v) is 2.20. The van der Waals surface area contributed by atoms with Crippen molar-refractivity contribution in [1.82, 2.24) is 9.91 Å². The molecule has 1 rings (SSSR count). The summed E-state index contributed by atoms with van der Waals surface area (Å²) in [6, 6.07) is 3.98. The second-order valence-corrected chi connectivity index (χ2v) is 6.30. The van der Waals surface area contributed by atoms with Crippen molar-refractivity contribution in [2.45, 2.75) is 26.9 Å². The summed E-state index contributed by atoms with van der Waals surface area (Å²) in [6.07, 6.45) is 1.29. The number of rotatable bonds is 8. The van der Waals surface area contributed by atoms with E-state index < -0.39 is 17.9 Å². The summed E-state index contributed by atoms with van der Waals surface area (Å²) in [5.41, 5.74) is 0.430. The predicted octanol–water partition coefficient (Wildman–Crippen LogP) is 2.35. The lowest BCUT2D eigenvalue weighted by atomic mass is 10.2. The number of carbonyl (C=O) groups is 3. The number of benzene rings is 1. The first kappa shape index (κ1) is 22.4. The Morgan fingerprint density at radius 2 is 2.00 bits per heavy atom. The molecule has 0 aromatic heterocycles. The molecule has 0 aliphatic rings. The molecule has 0 unspecified atom stereocenters. The van der Waals surface area contributed by atoms with Crippen LogP contribution in [-0.4, -0.2) is 54.4 Å². The summed E-state index contributed by atoms with van der Waals surface area (Å²) < 4.78 is 10.1. The highest BCUT2D eigenvalue weighted by Gasteiger charge is 2.23. The Labute approximate surface area is 162 Å². The van der Waals surface area contributed by atoms with E-state index in [1.165, 1.54) is 14.0 Å². The number of ether oxygens (including phenoxy) is 2. The molecule has 0 spiro atoms. The van der Waals surface area contributed by atoms with Crippen LogP contribution in [0.5, 0.6) is 5.75 Å². The number of hydrogen-bond donors (Lipinski definition) is 1. The summed E-state index contributed by atoms with van der Waals surface area (Å²) >= 11 is 6.12. The van der Waals surface area contributed by atoms with Crippen molar-refractivity contribution in [3.63, 3.8) is 0 Å². The summed E-state index contributed by atoms with van der Waals surface area (Å²) in [4.78, 5) is 39.5. The van der Waals surface area contributed by atoms with Gasteiger partial charge in [0.1, 0.15) is 12.1 Å². The second-order valence-electron chi connectivity index (χ2n) is 5.90. The van der Waals surface area contributed by atoms with Gasteiger partial charge in [-0.25, -0.2) is 20.6 Å². The molecular weight excluding hydrogens is 376 g/mol. The molecule has 0 saturated heterocycles. The van der Waals surface area contributed by atoms with Crippen molar-refractivity contribution in [3.05, 3.63) is 23.2 Å². The van der Waals surface area contributed by atoms with Crippen LogP contribution in [0.3, 0.4) is 0 Å². The van der Waals surface area contributed by atoms with Gasteiger partial charge in [0.15, 0.2) is 0 Å². The van der Waals surface area contributed by atoms with E-state index in [2.05, 4.69) is 9.73 Å². The molecule has 9 nitrogen and oxygen atoms in total. The molecule has 1 atom stereocenters. The van der Waals surface area contributed by atoms with Crippen LogP contribution >= 0.6 is 11.6 Å². The second kappa shape index (κ2) is 10.5. The highest BCUT2D eigenvalue weighted by Crippen LogP contribution is 2.29. The Morgan fingerprint density at radius 1 is 1.33 bits per heavy atom. The standard InChI is InChI=1S/C17H23ClN4O5/c1-11(2)27-15-6-5-13(7-14(15)18)20-9-22(19)17(25)21(10-23)8-12(3)16(24)26-4/h5-7,9-12H,8,19H2,1-4H3/t12-/m0/s1. The van der Waals surface area contributed by atoms with E-state index in [-0.39, 0.29) is 19.1 Å². The number of hydrazine groups is 1. The molecule has 0 saturated carbocycles. The third-order valence-corrected chi connectivity index (χ3v) is 3.57. The predicted molar refractivity (Wildman–Crippen MR) is 101 cm³/mol. The number of amides is 3. The first-order valence-corrected chi connectivity index (χ1v) is 8.45. The molecule has 0 heterocycles. The van der Waals surface area contributed by atoms with Crippen LogP contribution in [-0.2, 0) is 14.3 Å². The summed E-state index contributed by atoms with van der Waals surface area (Å²) in [7, 11) is 1.22. The van der Waals surface area contributed by atoms with Gasteiger partial charge in [0, 0.05) is 6.54 Å². The lowest BCUT2D eigenvalue weighted by Crippen LogP contribution is -2.47. The molecular formula is C17H23ClN4O5. The van der Waals surface area contributed by atoms with Gasteiger partial charge in [-0.05, 0) is 32.0 Å². The first-order chi connectivity index (χ1) is 12.7. The summed E-state index contributed by atoms with van der Waals surface area (Å²) in [5.74, 6) is 4.89. The van der Waals surface area contributed by atoms with Crippen molar-refractivity contribution in [3.8, 4) is 5.75 Å². The van der Waals surface area contributed by atoms with E-state index in [0.29, 0.717) is 21.5 Å². The van der Waals surface area contributed by atoms with Gasteiger partial charge in [0.05, 0.1) is 29.8 Å². The number of urea groups is 1. The first-order valence-electron chi connectivity index (χ1n) is 8.07. The monoisotopic (exact) mass is 398 g/mol. The quantitative estimate of drug-likeness (QED) is 0.137. The molecule has 0 aliphatic heterocycles. The van der Waals surface area contributed by atoms with Crippen molar-refractivity contribution in [2.75, 3.05) is 13.7 Å². The van der Waals surface area contributed by atoms with Crippen LogP contribution in [0.25, 0.3) is 0 Å². The Bertz CT molecular complexity index is 711. The average molecular weight is 399 g/mol. The van der Waals surface area contributed by atoms with Crippen molar-refractivity contribution in [2.24, 2.45) is 16.8 Å². The molecule has 10 heteroatoms. The lowest BCUT2D eigenvalue weighted by molar-refractivity contribution is -0.145. The van der Waals surface area contributed by atoms with Crippen LogP contribution in [0.2, 0.25) is 5.02 Å². The molecule has 0 aliphatic carbocycles. The minimum atomic E-state index is -0.852. The van der Waals surface area contributed by atoms with Crippen LogP contribution in [0.15, 0.2) is 23.2 Å². The largest absolute Gasteiger partial charge is 0.489 e. The Morgan fingerprint density at radius 3 is 2.52 bits per heavy atom. The van der Waals surface area contributed by atoms with Crippen LogP contribution in [0, 0.1) is 5.92 Å². The van der Waals surface area contributed by atoms with Gasteiger partial charge in [-0.1, -0.05) is 18.5 Å². The van der Waals surface area contributed by atoms with Crippen LogP contribution in [0.1, 0.15) is 20.8 Å². The third-order valence-electron chi connectivity index (χ3n) is 3.28. The maximum absolute atomic E-state index is 12.2. The van der Waals surface area contributed by atoms with Gasteiger partial charge in [0.2, 0.25) is 6.41 Å². The van der Waals surface area contributed by atoms with E-state index in [9.17, 15) is 14.4 Å². The van der Waals surface area contributed by atoms with Gasteiger partial charge in [0.25, 0.3) is 0 Å². The fourth-order valence-electron chi connectivity index (χ4n) is 1.98. The number of carbonyl (C=O) groups excluding carboxylic acids is 3. The number of hydrogen-bond acceptors (Lipinski definition) is 7. The highest BCUT2D eigenvalue weighted by atomic mass is 35.5. The zero-order valence-electron chi connectivity index (χ0n) is 15.6. The number of aliphatic imine (C=N–C) groups is 1. The Hall–Kier alpha value is -2.65. The number of halogens is 1. The smallest absolute Gasteiger partial charge is 0.346 e. The third kappa shape index (κ3) is 6.87. The van der Waals surface area contributed by atoms with Gasteiger partial charge in [-0.2, -0.15) is 0 Å². The normalized spacial score (nSPS) is 12.0. The number of imide groups is 1. The minimum absolute atomic E-state index is 0.0317. The SMILES string of the molecule is COC(=O)[C@@H](C)CN(C=O)C(=O)N(N)C=Nc1ccc(OC(C)C)c(Cl)c1. The zero-order valence-corrected chi connectivity index (χ0v) is 16.3. The number of nitrogens with two attached hydrogens (primary N) is 1. The molecule has 1 aromatic rings. The molecule has 148 valence electrons. The Kier molecular flexibility index (Phi) is 8.70. The minimum Gasteiger partial charge on any atom is -0.489 e. The molecule has 0 fully saturated rings. The van der Waals surface area contributed by atoms with Crippen LogP contribution in [0.4, 0.5) is 10.5 Å². The Balaban J connectivity index is 2.79. The van der Waals surface area contributed by atoms with Crippen molar-refractivity contribution < 1.29 is 23.9 Å². The van der Waals surface area contributed by atoms with Gasteiger partial charge in [-0.3, -0.25) is 14.5 Å². The van der Waals surface area contributed by atoms with Crippen molar-refractivity contribution in [1.29, 1.82) is 0 Å². The van der Waals surface area contributed by atoms with Gasteiger partial charge in [-0.15, -0.1) is 0 Å². The van der Waals surface area contributed by atoms with Gasteiger partial charge >= 0.3 is 12.0 Å². The number of nitrogens with zero attached hydrogens (tertiary/aromatic N) is 3. The number of esters is 1. The van der Waals surface area contributed by atoms with E-state index in [1.54, 1.807) is 18.2 Å². The summed E-state index contributed by atoms with van der Waals surface area (Å²) in [6.45, 7) is 5.09. The van der Waals surface area contributed by atoms with E-state index >= 15 is 0 Å². The maximum Gasteiger partial charge on any atom is 0.346 e. The number of methoxy groups -OCH3 is 1. The maximum atomic E-state index is 12.2. The van der Waals surface area contributed by atoms with E-state index in [4.69, 9.17) is 22.2 Å². The van der Waals surface area contributed by atoms with Crippen LogP contribution < -0.4 is 10.6 Å². The van der Waals surface area contributed by atoms with Gasteiger partial charge < -0.3 is 9.47 Å². The average Bonchev–Trinajstić information content (AvgIpc) is 2.64. The zero-order chi connectivity index (χ0) is 20.6. The van der Waals surface area contributed by atoms with E-state index in [1.807, 2.05) is 13.8 Å². The molecule has 27 heavy (non-hydrogen) atoms. The molecule has 0 bridgehead atoms. The molecule has 1 aromatic carbocycles.